The monoisotopic (exact) mass is 645 g/mol. The topological polar surface area (TPSA) is 59.2 Å². The summed E-state index contributed by atoms with van der Waals surface area (Å²) >= 11 is 10.2. The number of esters is 1. The molecule has 4 nitrogen and oxygen atoms in total. The lowest BCUT2D eigenvalue weighted by atomic mass is 10.0. The molecule has 1 heterocycles. The lowest BCUT2D eigenvalue weighted by Crippen LogP contribution is -2.12. The van der Waals surface area contributed by atoms with Gasteiger partial charge in [-0.15, -0.1) is 0 Å². The molecule has 0 radical (unpaired) electrons. The second-order valence-corrected chi connectivity index (χ2v) is 10.8. The van der Waals surface area contributed by atoms with E-state index in [1.807, 2.05) is 0 Å². The van der Waals surface area contributed by atoms with E-state index in [-0.39, 0.29) is 11.8 Å². The maximum atomic E-state index is 13.0. The van der Waals surface area contributed by atoms with E-state index in [1.165, 1.54) is 57.8 Å². The Bertz CT molecular complexity index is 895. The highest BCUT2D eigenvalue weighted by atomic mass is 79.9. The predicted octanol–water partition coefficient (Wildman–Crippen LogP) is 9.53. The summed E-state index contributed by atoms with van der Waals surface area (Å²) in [5.41, 5.74) is 0.737. The first-order chi connectivity index (χ1) is 16.0. The number of hydrogen-bond donors (Lipinski definition) is 1. The van der Waals surface area contributed by atoms with Crippen LogP contribution in [0.3, 0.4) is 0 Å². The maximum Gasteiger partial charge on any atom is 0.311 e. The van der Waals surface area contributed by atoms with Crippen LogP contribution >= 0.6 is 47.8 Å². The zero-order chi connectivity index (χ0) is 24.1. The minimum absolute atomic E-state index is 0.248. The molecule has 0 atom stereocenters. The number of aromatic amines is 1. The molecule has 182 valence electrons. The van der Waals surface area contributed by atoms with Crippen LogP contribution in [0.25, 0.3) is 0 Å². The van der Waals surface area contributed by atoms with E-state index in [1.54, 1.807) is 24.3 Å². The minimum atomic E-state index is -0.296. The van der Waals surface area contributed by atoms with E-state index in [2.05, 4.69) is 59.7 Å². The largest absolute Gasteiger partial charge is 0.426 e. The van der Waals surface area contributed by atoms with Gasteiger partial charge in [0.15, 0.2) is 0 Å². The molecular weight excluding hydrogens is 614 g/mol. The molecule has 1 aromatic carbocycles. The summed E-state index contributed by atoms with van der Waals surface area (Å²) in [5, 5.41) is 0. The molecule has 2 aromatic rings. The van der Waals surface area contributed by atoms with Crippen LogP contribution in [0.2, 0.25) is 0 Å². The van der Waals surface area contributed by atoms with Crippen LogP contribution < -0.4 is 4.74 Å². The number of carbonyl (C=O) groups is 2. The second kappa shape index (κ2) is 15.9. The average molecular weight is 648 g/mol. The van der Waals surface area contributed by atoms with Crippen LogP contribution in [-0.2, 0) is 4.79 Å². The van der Waals surface area contributed by atoms with Gasteiger partial charge in [0, 0.05) is 6.42 Å². The summed E-state index contributed by atoms with van der Waals surface area (Å²) in [6, 6.07) is 6.85. The molecule has 1 aromatic heterocycles. The molecule has 1 N–H and O–H groups in total. The Balaban J connectivity index is 1.70. The Kier molecular flexibility index (Phi) is 13.6. The fourth-order valence-corrected chi connectivity index (χ4v) is 5.18. The number of rotatable bonds is 16. The fraction of sp³-hybridized carbons (Fsp3) is 0.538. The van der Waals surface area contributed by atoms with Gasteiger partial charge in [-0.3, -0.25) is 9.59 Å². The Morgan fingerprint density at radius 1 is 0.788 bits per heavy atom. The molecule has 0 saturated heterocycles. The minimum Gasteiger partial charge on any atom is -0.426 e. The highest BCUT2D eigenvalue weighted by molar-refractivity contribution is 9.14. The van der Waals surface area contributed by atoms with Crippen molar-refractivity contribution < 1.29 is 14.3 Å². The maximum absolute atomic E-state index is 13.0. The SMILES string of the molecule is CCCCCCCCCCCCCCC(=O)Oc1ccccc1C(=O)c1[nH]c(Br)c(Br)c1Br. The number of unbranched alkanes of at least 4 members (excludes halogenated alkanes) is 11. The first-order valence-electron chi connectivity index (χ1n) is 12.0. The van der Waals surface area contributed by atoms with Gasteiger partial charge in [-0.1, -0.05) is 89.7 Å². The van der Waals surface area contributed by atoms with E-state index in [0.29, 0.717) is 32.5 Å². The third-order valence-electron chi connectivity index (χ3n) is 5.66. The summed E-state index contributed by atoms with van der Waals surface area (Å²) in [7, 11) is 0. The lowest BCUT2D eigenvalue weighted by Gasteiger charge is -2.09. The van der Waals surface area contributed by atoms with Crippen molar-refractivity contribution in [2.75, 3.05) is 0 Å². The molecule has 33 heavy (non-hydrogen) atoms. The Morgan fingerprint density at radius 2 is 1.33 bits per heavy atom. The van der Waals surface area contributed by atoms with Crippen LogP contribution in [0.4, 0.5) is 0 Å². The van der Waals surface area contributed by atoms with Gasteiger partial charge in [0.25, 0.3) is 0 Å². The van der Waals surface area contributed by atoms with Crippen LogP contribution in [-0.4, -0.2) is 16.7 Å². The van der Waals surface area contributed by atoms with Gasteiger partial charge in [0.05, 0.1) is 19.1 Å². The van der Waals surface area contributed by atoms with Crippen molar-refractivity contribution in [1.29, 1.82) is 0 Å². The first-order valence-corrected chi connectivity index (χ1v) is 14.4. The number of carbonyl (C=O) groups excluding carboxylic acids is 2. The summed E-state index contributed by atoms with van der Waals surface area (Å²) in [4.78, 5) is 28.4. The molecule has 0 amide bonds. The van der Waals surface area contributed by atoms with Gasteiger partial charge in [-0.2, -0.15) is 0 Å². The van der Waals surface area contributed by atoms with Crippen molar-refractivity contribution in [1.82, 2.24) is 4.98 Å². The Hall–Kier alpha value is -0.920. The predicted molar refractivity (Wildman–Crippen MR) is 145 cm³/mol. The second-order valence-electron chi connectivity index (χ2n) is 8.38. The fourth-order valence-electron chi connectivity index (χ4n) is 3.74. The van der Waals surface area contributed by atoms with Gasteiger partial charge < -0.3 is 9.72 Å². The van der Waals surface area contributed by atoms with Crippen LogP contribution in [0.15, 0.2) is 37.8 Å². The molecule has 0 bridgehead atoms. The van der Waals surface area contributed by atoms with Gasteiger partial charge in [0.2, 0.25) is 5.78 Å². The van der Waals surface area contributed by atoms with Crippen LogP contribution in [0.5, 0.6) is 5.75 Å². The van der Waals surface area contributed by atoms with Crippen LogP contribution in [0.1, 0.15) is 106 Å². The number of ketones is 1. The molecule has 2 rings (SSSR count). The molecular formula is C26H34Br3NO3. The normalized spacial score (nSPS) is 11.0. The van der Waals surface area contributed by atoms with E-state index >= 15 is 0 Å². The Morgan fingerprint density at radius 3 is 1.88 bits per heavy atom. The van der Waals surface area contributed by atoms with Crippen molar-refractivity contribution in [3.8, 4) is 5.75 Å². The van der Waals surface area contributed by atoms with E-state index in [4.69, 9.17) is 4.74 Å². The van der Waals surface area contributed by atoms with Gasteiger partial charge in [-0.25, -0.2) is 0 Å². The summed E-state index contributed by atoms with van der Waals surface area (Å²) < 4.78 is 7.57. The van der Waals surface area contributed by atoms with Crippen molar-refractivity contribution in [3.05, 3.63) is 49.1 Å². The van der Waals surface area contributed by atoms with Gasteiger partial charge >= 0.3 is 5.97 Å². The summed E-state index contributed by atoms with van der Waals surface area (Å²) in [6.45, 7) is 2.25. The molecule has 0 saturated carbocycles. The van der Waals surface area contributed by atoms with E-state index in [0.717, 1.165) is 23.7 Å². The quantitative estimate of drug-likeness (QED) is 0.0854. The van der Waals surface area contributed by atoms with E-state index in [9.17, 15) is 9.59 Å². The Labute approximate surface area is 223 Å². The number of halogens is 3. The third kappa shape index (κ3) is 9.69. The van der Waals surface area contributed by atoms with Crippen molar-refractivity contribution in [3.63, 3.8) is 0 Å². The summed E-state index contributed by atoms with van der Waals surface area (Å²) in [6.07, 6.45) is 15.3. The third-order valence-corrected chi connectivity index (χ3v) is 8.90. The zero-order valence-electron chi connectivity index (χ0n) is 19.4. The number of nitrogens with one attached hydrogen (secondary N) is 1. The molecule has 0 spiro atoms. The van der Waals surface area contributed by atoms with Crippen LogP contribution in [0, 0.1) is 0 Å². The number of para-hydroxylation sites is 1. The van der Waals surface area contributed by atoms with Crippen molar-refractivity contribution in [2.45, 2.75) is 90.4 Å². The molecule has 0 fully saturated rings. The number of benzene rings is 1. The van der Waals surface area contributed by atoms with E-state index < -0.39 is 0 Å². The van der Waals surface area contributed by atoms with Crippen molar-refractivity contribution in [2.24, 2.45) is 0 Å². The average Bonchev–Trinajstić information content (AvgIpc) is 3.07. The number of hydrogen-bond acceptors (Lipinski definition) is 3. The highest BCUT2D eigenvalue weighted by Crippen LogP contribution is 2.35. The zero-order valence-corrected chi connectivity index (χ0v) is 24.1. The lowest BCUT2D eigenvalue weighted by molar-refractivity contribution is -0.134. The van der Waals surface area contributed by atoms with Gasteiger partial charge in [-0.05, 0) is 66.3 Å². The standard InChI is InChI=1S/C26H34Br3NO3/c1-2-3-4-5-6-7-8-9-10-11-12-13-18-21(31)33-20-17-15-14-16-19(20)25(32)24-22(27)23(28)26(29)30-24/h14-17,30H,2-13,18H2,1H3. The molecule has 0 aliphatic carbocycles. The summed E-state index contributed by atoms with van der Waals surface area (Å²) in [5.74, 6) is -0.252. The highest BCUT2D eigenvalue weighted by Gasteiger charge is 2.23. The molecule has 7 heteroatoms. The van der Waals surface area contributed by atoms with Gasteiger partial charge in [0.1, 0.15) is 11.4 Å². The molecule has 0 aliphatic rings. The number of H-pyrrole nitrogens is 1. The smallest absolute Gasteiger partial charge is 0.311 e. The number of aromatic nitrogens is 1. The number of ether oxygens (including phenoxy) is 1. The molecule has 0 aliphatic heterocycles. The molecule has 0 unspecified atom stereocenters. The first kappa shape index (κ1) is 28.3. The van der Waals surface area contributed by atoms with Crippen molar-refractivity contribution >= 4 is 59.5 Å².